The maximum Gasteiger partial charge on any atom is 0.325 e. The van der Waals surface area contributed by atoms with Gasteiger partial charge in [0.2, 0.25) is 0 Å². The number of esters is 1. The lowest BCUT2D eigenvalue weighted by Gasteiger charge is -2.27. The molecule has 0 aromatic carbocycles. The van der Waals surface area contributed by atoms with Crippen LogP contribution in [0.5, 0.6) is 0 Å². The molecule has 1 aliphatic carbocycles. The van der Waals surface area contributed by atoms with Crippen LogP contribution in [0.15, 0.2) is 12.3 Å². The molecule has 0 saturated heterocycles. The summed E-state index contributed by atoms with van der Waals surface area (Å²) in [6.45, 7) is 0.00514. The monoisotopic (exact) mass is 265 g/mol. The van der Waals surface area contributed by atoms with Crippen LogP contribution < -0.4 is 0 Å². The van der Waals surface area contributed by atoms with Gasteiger partial charge in [-0.1, -0.05) is 12.8 Å². The van der Waals surface area contributed by atoms with Crippen LogP contribution in [0.1, 0.15) is 36.2 Å². The third kappa shape index (κ3) is 2.94. The van der Waals surface area contributed by atoms with E-state index in [-0.39, 0.29) is 24.5 Å². The summed E-state index contributed by atoms with van der Waals surface area (Å²) in [6.07, 6.45) is 5.67. The molecule has 19 heavy (non-hydrogen) atoms. The molecular weight excluding hydrogens is 246 g/mol. The Hall–Kier alpha value is -1.85. The zero-order valence-electron chi connectivity index (χ0n) is 11.3. The SMILES string of the molecule is COC(=O)CN(C(=O)c1ccnn1C)C1CCCC1. The van der Waals surface area contributed by atoms with Crippen LogP contribution in [-0.2, 0) is 16.6 Å². The number of carbonyl (C=O) groups excluding carboxylic acids is 2. The van der Waals surface area contributed by atoms with Crippen LogP contribution in [0.4, 0.5) is 0 Å². The summed E-state index contributed by atoms with van der Waals surface area (Å²) in [5.41, 5.74) is 0.496. The van der Waals surface area contributed by atoms with Crippen molar-refractivity contribution in [1.82, 2.24) is 14.7 Å². The second-order valence-corrected chi connectivity index (χ2v) is 4.79. The van der Waals surface area contributed by atoms with Crippen molar-refractivity contribution in [3.63, 3.8) is 0 Å². The smallest absolute Gasteiger partial charge is 0.325 e. The number of carbonyl (C=O) groups is 2. The highest BCUT2D eigenvalue weighted by molar-refractivity contribution is 5.94. The van der Waals surface area contributed by atoms with Gasteiger partial charge in [0, 0.05) is 19.3 Å². The van der Waals surface area contributed by atoms with Crippen LogP contribution in [0.2, 0.25) is 0 Å². The Bertz CT molecular complexity index is 463. The fourth-order valence-electron chi connectivity index (χ4n) is 2.52. The number of methoxy groups -OCH3 is 1. The standard InChI is InChI=1S/C13H19N3O3/c1-15-11(7-8-14-15)13(18)16(9-12(17)19-2)10-5-3-4-6-10/h7-8,10H,3-6,9H2,1-2H3. The van der Waals surface area contributed by atoms with Crippen molar-refractivity contribution in [3.8, 4) is 0 Å². The summed E-state index contributed by atoms with van der Waals surface area (Å²) in [5, 5.41) is 4.00. The predicted octanol–water partition coefficient (Wildman–Crippen LogP) is 0.978. The van der Waals surface area contributed by atoms with E-state index >= 15 is 0 Å². The van der Waals surface area contributed by atoms with Crippen molar-refractivity contribution in [2.45, 2.75) is 31.7 Å². The van der Waals surface area contributed by atoms with Gasteiger partial charge in [0.1, 0.15) is 12.2 Å². The van der Waals surface area contributed by atoms with E-state index in [1.54, 1.807) is 24.2 Å². The van der Waals surface area contributed by atoms with Crippen LogP contribution in [0.25, 0.3) is 0 Å². The molecule has 1 fully saturated rings. The van der Waals surface area contributed by atoms with Crippen molar-refractivity contribution < 1.29 is 14.3 Å². The maximum absolute atomic E-state index is 12.5. The molecule has 2 rings (SSSR count). The number of nitrogens with zero attached hydrogens (tertiary/aromatic N) is 3. The molecule has 0 radical (unpaired) electrons. The molecule has 1 saturated carbocycles. The van der Waals surface area contributed by atoms with Gasteiger partial charge in [-0.2, -0.15) is 5.10 Å². The third-order valence-electron chi connectivity index (χ3n) is 3.59. The molecule has 6 nitrogen and oxygen atoms in total. The minimum absolute atomic E-state index is 0.00514. The lowest BCUT2D eigenvalue weighted by atomic mass is 10.2. The molecule has 1 aromatic rings. The highest BCUT2D eigenvalue weighted by Gasteiger charge is 2.30. The molecule has 0 N–H and O–H groups in total. The molecule has 0 aliphatic heterocycles. The Morgan fingerprint density at radius 3 is 2.68 bits per heavy atom. The number of ether oxygens (including phenoxy) is 1. The van der Waals surface area contributed by atoms with Gasteiger partial charge in [-0.15, -0.1) is 0 Å². The quantitative estimate of drug-likeness (QED) is 0.761. The minimum Gasteiger partial charge on any atom is -0.468 e. The molecule has 1 heterocycles. The number of rotatable bonds is 4. The molecule has 6 heteroatoms. The van der Waals surface area contributed by atoms with Crippen LogP contribution >= 0.6 is 0 Å². The van der Waals surface area contributed by atoms with Crippen LogP contribution in [-0.4, -0.2) is 46.3 Å². The number of hydrogen-bond donors (Lipinski definition) is 0. The van der Waals surface area contributed by atoms with Gasteiger partial charge in [0.05, 0.1) is 7.11 Å². The first kappa shape index (κ1) is 13.6. The number of aromatic nitrogens is 2. The van der Waals surface area contributed by atoms with Crippen LogP contribution in [0, 0.1) is 0 Å². The molecule has 1 aliphatic rings. The fourth-order valence-corrected chi connectivity index (χ4v) is 2.52. The minimum atomic E-state index is -0.387. The molecule has 0 unspecified atom stereocenters. The summed E-state index contributed by atoms with van der Waals surface area (Å²) in [6, 6.07) is 1.79. The molecule has 0 atom stereocenters. The van der Waals surface area contributed by atoms with Crippen molar-refractivity contribution in [3.05, 3.63) is 18.0 Å². The number of aryl methyl sites for hydroxylation is 1. The molecule has 1 amide bonds. The highest BCUT2D eigenvalue weighted by atomic mass is 16.5. The van der Waals surface area contributed by atoms with Gasteiger partial charge in [-0.3, -0.25) is 14.3 Å². The average Bonchev–Trinajstić information content (AvgIpc) is 3.05. The second kappa shape index (κ2) is 5.86. The fraction of sp³-hybridized carbons (Fsp3) is 0.615. The van der Waals surface area contributed by atoms with E-state index < -0.39 is 0 Å². The predicted molar refractivity (Wildman–Crippen MR) is 68.5 cm³/mol. The molecule has 1 aromatic heterocycles. The van der Waals surface area contributed by atoms with Gasteiger partial charge < -0.3 is 9.64 Å². The van der Waals surface area contributed by atoms with E-state index in [0.29, 0.717) is 5.69 Å². The summed E-state index contributed by atoms with van der Waals surface area (Å²) in [5.74, 6) is -0.542. The van der Waals surface area contributed by atoms with Gasteiger partial charge >= 0.3 is 5.97 Å². The number of hydrogen-bond acceptors (Lipinski definition) is 4. The van der Waals surface area contributed by atoms with Gasteiger partial charge in [-0.25, -0.2) is 0 Å². The zero-order valence-corrected chi connectivity index (χ0v) is 11.3. The maximum atomic E-state index is 12.5. The topological polar surface area (TPSA) is 64.4 Å². The Labute approximate surface area is 112 Å². The first-order valence-electron chi connectivity index (χ1n) is 6.49. The van der Waals surface area contributed by atoms with Crippen LogP contribution in [0.3, 0.4) is 0 Å². The van der Waals surface area contributed by atoms with E-state index in [9.17, 15) is 9.59 Å². The summed E-state index contributed by atoms with van der Waals surface area (Å²) >= 11 is 0. The lowest BCUT2D eigenvalue weighted by Crippen LogP contribution is -2.43. The lowest BCUT2D eigenvalue weighted by molar-refractivity contribution is -0.141. The average molecular weight is 265 g/mol. The normalized spacial score (nSPS) is 15.5. The van der Waals surface area contributed by atoms with Gasteiger partial charge in [-0.05, 0) is 18.9 Å². The Morgan fingerprint density at radius 2 is 2.16 bits per heavy atom. The first-order chi connectivity index (χ1) is 9.13. The van der Waals surface area contributed by atoms with E-state index in [1.807, 2.05) is 0 Å². The largest absolute Gasteiger partial charge is 0.468 e. The molecule has 104 valence electrons. The summed E-state index contributed by atoms with van der Waals surface area (Å²) in [4.78, 5) is 25.6. The van der Waals surface area contributed by atoms with E-state index in [2.05, 4.69) is 9.84 Å². The summed E-state index contributed by atoms with van der Waals surface area (Å²) < 4.78 is 6.21. The Kier molecular flexibility index (Phi) is 4.19. The first-order valence-corrected chi connectivity index (χ1v) is 6.49. The Balaban J connectivity index is 2.18. The highest BCUT2D eigenvalue weighted by Crippen LogP contribution is 2.24. The van der Waals surface area contributed by atoms with E-state index in [0.717, 1.165) is 25.7 Å². The van der Waals surface area contributed by atoms with Gasteiger partial charge in [0.25, 0.3) is 5.91 Å². The van der Waals surface area contributed by atoms with E-state index in [4.69, 9.17) is 0 Å². The second-order valence-electron chi connectivity index (χ2n) is 4.79. The van der Waals surface area contributed by atoms with Gasteiger partial charge in [0.15, 0.2) is 0 Å². The third-order valence-corrected chi connectivity index (χ3v) is 3.59. The molecule has 0 spiro atoms. The zero-order chi connectivity index (χ0) is 13.8. The van der Waals surface area contributed by atoms with Crippen molar-refractivity contribution in [1.29, 1.82) is 0 Å². The van der Waals surface area contributed by atoms with Crippen molar-refractivity contribution in [2.24, 2.45) is 7.05 Å². The Morgan fingerprint density at radius 1 is 1.47 bits per heavy atom. The molecular formula is C13H19N3O3. The molecule has 0 bridgehead atoms. The number of amides is 1. The van der Waals surface area contributed by atoms with Crippen molar-refractivity contribution in [2.75, 3.05) is 13.7 Å². The van der Waals surface area contributed by atoms with E-state index in [1.165, 1.54) is 11.8 Å². The summed E-state index contributed by atoms with van der Waals surface area (Å²) in [7, 11) is 3.06. The van der Waals surface area contributed by atoms with Crippen molar-refractivity contribution >= 4 is 11.9 Å².